The van der Waals surface area contributed by atoms with E-state index >= 15 is 0 Å². The number of alkyl halides is 1. The summed E-state index contributed by atoms with van der Waals surface area (Å²) in [7, 11) is 0. The molecule has 0 radical (unpaired) electrons. The van der Waals surface area contributed by atoms with Crippen molar-refractivity contribution >= 4 is 39.9 Å². The summed E-state index contributed by atoms with van der Waals surface area (Å²) in [5, 5.41) is 3.19. The Kier molecular flexibility index (Phi) is 2.94. The lowest BCUT2D eigenvalue weighted by molar-refractivity contribution is -0.110. The van der Waals surface area contributed by atoms with Crippen LogP contribution in [0.1, 0.15) is 6.42 Å². The Hall–Kier alpha value is -0.670. The first-order valence-corrected chi connectivity index (χ1v) is 6.10. The van der Waals surface area contributed by atoms with Gasteiger partial charge in [0.2, 0.25) is 0 Å². The molecule has 1 heterocycles. The van der Waals surface area contributed by atoms with Crippen molar-refractivity contribution in [1.29, 1.82) is 0 Å². The van der Waals surface area contributed by atoms with Crippen LogP contribution in [-0.2, 0) is 4.79 Å². The monoisotopic (exact) mass is 285 g/mol. The minimum absolute atomic E-state index is 0.667. The van der Waals surface area contributed by atoms with Crippen LogP contribution in [0.4, 0.5) is 0 Å². The predicted octanol–water partition coefficient (Wildman–Crippen LogP) is 1.48. The molecule has 0 aromatic heterocycles. The molecule has 0 saturated heterocycles. The number of halogens is 2. The highest BCUT2D eigenvalue weighted by Crippen LogP contribution is 2.18. The number of rotatable bonds is 3. The Morgan fingerprint density at radius 3 is 3.00 bits per heavy atom. The number of benzene rings is 1. The number of hydrogen-bond acceptors (Lipinski definition) is 2. The minimum atomic E-state index is -0.698. The van der Waals surface area contributed by atoms with Crippen molar-refractivity contribution in [1.82, 2.24) is 0 Å². The fourth-order valence-corrected chi connectivity index (χ4v) is 2.48. The van der Waals surface area contributed by atoms with Gasteiger partial charge in [0.05, 0.1) is 5.36 Å². The summed E-state index contributed by atoms with van der Waals surface area (Å²) >= 11 is 9.21. The van der Waals surface area contributed by atoms with Gasteiger partial charge in [-0.2, -0.15) is 0 Å². The molecule has 0 fully saturated rings. The van der Waals surface area contributed by atoms with Crippen molar-refractivity contribution in [3.05, 3.63) is 33.8 Å². The van der Waals surface area contributed by atoms with Crippen LogP contribution in [0.15, 0.2) is 23.2 Å². The summed E-state index contributed by atoms with van der Waals surface area (Å²) in [5.74, 6) is 0. The van der Waals surface area contributed by atoms with Gasteiger partial charge in [0.1, 0.15) is 5.54 Å². The van der Waals surface area contributed by atoms with E-state index in [9.17, 15) is 4.79 Å². The van der Waals surface area contributed by atoms with E-state index in [0.717, 1.165) is 22.2 Å². The molecule has 15 heavy (non-hydrogen) atoms. The number of carbonyl (C=O) groups excluding carboxylic acids is 1. The molecule has 4 heteroatoms. The molecule has 1 atom stereocenters. The van der Waals surface area contributed by atoms with E-state index in [1.807, 2.05) is 18.2 Å². The highest BCUT2D eigenvalue weighted by Gasteiger charge is 2.27. The zero-order chi connectivity index (χ0) is 10.9. The van der Waals surface area contributed by atoms with Crippen LogP contribution in [0, 0.1) is 0 Å². The van der Waals surface area contributed by atoms with Crippen LogP contribution in [0.25, 0.3) is 6.08 Å². The maximum atomic E-state index is 11.1. The number of nitrogens with zero attached hydrogens (tertiary/aromatic N) is 1. The number of aldehydes is 1. The van der Waals surface area contributed by atoms with E-state index in [2.05, 4.69) is 20.9 Å². The molecule has 1 aromatic rings. The lowest BCUT2D eigenvalue weighted by Crippen LogP contribution is -2.24. The van der Waals surface area contributed by atoms with Crippen molar-refractivity contribution in [3.8, 4) is 0 Å². The molecule has 2 rings (SSSR count). The van der Waals surface area contributed by atoms with Crippen molar-refractivity contribution in [2.45, 2.75) is 12.0 Å². The van der Waals surface area contributed by atoms with Gasteiger partial charge in [-0.05, 0) is 30.7 Å². The zero-order valence-electron chi connectivity index (χ0n) is 7.91. The number of fused-ring (bicyclic) bond motifs is 1. The second-order valence-electron chi connectivity index (χ2n) is 3.51. The highest BCUT2D eigenvalue weighted by atomic mass is 79.9. The molecule has 1 aliphatic rings. The summed E-state index contributed by atoms with van der Waals surface area (Å²) in [4.78, 5) is 15.5. The third-order valence-corrected chi connectivity index (χ3v) is 3.05. The molecule has 0 amide bonds. The predicted molar refractivity (Wildman–Crippen MR) is 63.9 cm³/mol. The summed E-state index contributed by atoms with van der Waals surface area (Å²) in [5.41, 5.74) is -0.698. The molecule has 0 saturated carbocycles. The highest BCUT2D eigenvalue weighted by molar-refractivity contribution is 9.09. The van der Waals surface area contributed by atoms with E-state index in [1.165, 1.54) is 0 Å². The fraction of sp³-hybridized carbons (Fsp3) is 0.273. The SMILES string of the molecule is O=CC1(CCBr)C=c2cc(Cl)ccc2=N1. The Balaban J connectivity index is 2.58. The first-order chi connectivity index (χ1) is 7.19. The van der Waals surface area contributed by atoms with Crippen LogP contribution in [0.3, 0.4) is 0 Å². The lowest BCUT2D eigenvalue weighted by atomic mass is 10.00. The molecule has 1 aromatic carbocycles. The molecule has 0 spiro atoms. The topological polar surface area (TPSA) is 29.4 Å². The summed E-state index contributed by atoms with van der Waals surface area (Å²) < 4.78 is 0. The second kappa shape index (κ2) is 4.06. The average Bonchev–Trinajstić information content (AvgIpc) is 2.56. The maximum absolute atomic E-state index is 11.1. The van der Waals surface area contributed by atoms with Gasteiger partial charge in [-0.25, -0.2) is 0 Å². The summed E-state index contributed by atoms with van der Waals surface area (Å²) in [6, 6.07) is 5.46. The Morgan fingerprint density at radius 2 is 2.33 bits per heavy atom. The van der Waals surface area contributed by atoms with Crippen LogP contribution in [0.2, 0.25) is 5.02 Å². The number of hydrogen-bond donors (Lipinski definition) is 0. The zero-order valence-corrected chi connectivity index (χ0v) is 10.3. The Morgan fingerprint density at radius 1 is 1.53 bits per heavy atom. The van der Waals surface area contributed by atoms with E-state index in [1.54, 1.807) is 6.07 Å². The molecular formula is C11H9BrClNO. The van der Waals surface area contributed by atoms with Crippen molar-refractivity contribution < 1.29 is 4.79 Å². The van der Waals surface area contributed by atoms with E-state index in [4.69, 9.17) is 11.6 Å². The van der Waals surface area contributed by atoms with E-state index < -0.39 is 5.54 Å². The summed E-state index contributed by atoms with van der Waals surface area (Å²) in [6.45, 7) is 0. The molecule has 1 unspecified atom stereocenters. The Bertz CT molecular complexity index is 514. The molecule has 0 N–H and O–H groups in total. The van der Waals surface area contributed by atoms with Crippen LogP contribution in [-0.4, -0.2) is 17.2 Å². The molecular weight excluding hydrogens is 277 g/mol. The van der Waals surface area contributed by atoms with Gasteiger partial charge >= 0.3 is 0 Å². The third-order valence-electron chi connectivity index (χ3n) is 2.42. The third kappa shape index (κ3) is 1.99. The van der Waals surface area contributed by atoms with Gasteiger partial charge in [-0.3, -0.25) is 4.99 Å². The van der Waals surface area contributed by atoms with Gasteiger partial charge in [0, 0.05) is 15.6 Å². The second-order valence-corrected chi connectivity index (χ2v) is 4.74. The van der Waals surface area contributed by atoms with Gasteiger partial charge in [-0.1, -0.05) is 27.5 Å². The number of carbonyl (C=O) groups is 1. The van der Waals surface area contributed by atoms with E-state index in [0.29, 0.717) is 11.4 Å². The van der Waals surface area contributed by atoms with Gasteiger partial charge < -0.3 is 4.79 Å². The summed E-state index contributed by atoms with van der Waals surface area (Å²) in [6.07, 6.45) is 3.44. The van der Waals surface area contributed by atoms with Crippen LogP contribution < -0.4 is 10.6 Å². The average molecular weight is 287 g/mol. The quantitative estimate of drug-likeness (QED) is 0.611. The lowest BCUT2D eigenvalue weighted by Gasteiger charge is -2.14. The normalized spacial score (nSPS) is 22.8. The van der Waals surface area contributed by atoms with Crippen LogP contribution >= 0.6 is 27.5 Å². The molecule has 2 nitrogen and oxygen atoms in total. The smallest absolute Gasteiger partial charge is 0.151 e. The van der Waals surface area contributed by atoms with E-state index in [-0.39, 0.29) is 0 Å². The Labute approximate surface area is 101 Å². The van der Waals surface area contributed by atoms with Crippen molar-refractivity contribution in [3.63, 3.8) is 0 Å². The van der Waals surface area contributed by atoms with Gasteiger partial charge in [0.15, 0.2) is 6.29 Å². The van der Waals surface area contributed by atoms with Gasteiger partial charge in [0.25, 0.3) is 0 Å². The molecule has 0 aliphatic carbocycles. The van der Waals surface area contributed by atoms with Crippen LogP contribution in [0.5, 0.6) is 0 Å². The minimum Gasteiger partial charge on any atom is -0.300 e. The van der Waals surface area contributed by atoms with Gasteiger partial charge in [-0.15, -0.1) is 0 Å². The molecule has 0 bridgehead atoms. The fourth-order valence-electron chi connectivity index (χ4n) is 1.67. The first-order valence-electron chi connectivity index (χ1n) is 4.60. The maximum Gasteiger partial charge on any atom is 0.151 e. The van der Waals surface area contributed by atoms with Crippen molar-refractivity contribution in [2.24, 2.45) is 4.99 Å². The standard InChI is InChI=1S/C11H9BrClNO/c12-4-3-11(7-15)6-8-5-9(13)1-2-10(8)14-11/h1-2,5-7H,3-4H2. The molecule has 78 valence electrons. The molecule has 1 aliphatic heterocycles. The first kappa shape index (κ1) is 10.8. The van der Waals surface area contributed by atoms with Crippen molar-refractivity contribution in [2.75, 3.05) is 5.33 Å². The largest absolute Gasteiger partial charge is 0.300 e.